The molecule has 0 fully saturated rings. The van der Waals surface area contributed by atoms with Gasteiger partial charge in [-0.1, -0.05) is 28.7 Å². The Balaban J connectivity index is 3.67. The largest absolute Gasteiger partial charge is 0.481 e. The first-order valence-electron chi connectivity index (χ1n) is 3.02. The van der Waals surface area contributed by atoms with Gasteiger partial charge in [0.05, 0.1) is 0 Å². The van der Waals surface area contributed by atoms with Crippen LogP contribution in [0.2, 0.25) is 0 Å². The van der Waals surface area contributed by atoms with Crippen LogP contribution in [0.25, 0.3) is 0 Å². The Morgan fingerprint density at radius 2 is 2.40 bits per heavy atom. The van der Waals surface area contributed by atoms with E-state index in [4.69, 9.17) is 5.11 Å². The zero-order valence-corrected chi connectivity index (χ0v) is 8.09. The van der Waals surface area contributed by atoms with Crippen molar-refractivity contribution in [2.45, 2.75) is 23.2 Å². The van der Waals surface area contributed by atoms with Gasteiger partial charge in [0, 0.05) is 9.84 Å². The van der Waals surface area contributed by atoms with Crippen molar-refractivity contribution in [3.8, 4) is 0 Å². The molecule has 0 aliphatic carbocycles. The van der Waals surface area contributed by atoms with Gasteiger partial charge in [-0.15, -0.1) is 6.58 Å². The number of carboxylic acid groups (broad SMARTS) is 1. The van der Waals surface area contributed by atoms with Crippen molar-refractivity contribution in [1.29, 1.82) is 0 Å². The predicted octanol–water partition coefficient (Wildman–Crippen LogP) is 2.23. The summed E-state index contributed by atoms with van der Waals surface area (Å²) in [6.07, 6.45) is 2.63. The summed E-state index contributed by atoms with van der Waals surface area (Å²) >= 11 is 2.19. The van der Waals surface area contributed by atoms with Crippen molar-refractivity contribution in [1.82, 2.24) is 0 Å². The number of carboxylic acids is 1. The number of aliphatic carboxylic acids is 1. The molecule has 58 valence electrons. The number of hydrogen-bond donors (Lipinski definition) is 1. The third-order valence-electron chi connectivity index (χ3n) is 1.25. The van der Waals surface area contributed by atoms with E-state index in [9.17, 15) is 4.79 Å². The number of halogens is 1. The molecule has 1 atom stereocenters. The molecule has 0 saturated carbocycles. The van der Waals surface area contributed by atoms with Crippen LogP contribution in [0.4, 0.5) is 0 Å². The van der Waals surface area contributed by atoms with Crippen molar-refractivity contribution in [3.05, 3.63) is 12.7 Å². The van der Waals surface area contributed by atoms with Gasteiger partial charge in [-0.05, 0) is 13.3 Å². The molecule has 0 amide bonds. The van der Waals surface area contributed by atoms with Crippen LogP contribution in [0, 0.1) is 0 Å². The summed E-state index contributed by atoms with van der Waals surface area (Å²) in [5.41, 5.74) is 0. The van der Waals surface area contributed by atoms with Crippen molar-refractivity contribution >= 4 is 28.6 Å². The minimum atomic E-state index is -0.746. The number of hydrogen-bond acceptors (Lipinski definition) is 1. The molecular formula is C7H11IO2. The zero-order chi connectivity index (χ0) is 8.20. The summed E-state index contributed by atoms with van der Waals surface area (Å²) in [5, 5.41) is 8.33. The molecule has 0 aromatic carbocycles. The second-order valence-corrected chi connectivity index (χ2v) is 4.84. The number of rotatable bonds is 4. The lowest BCUT2D eigenvalue weighted by molar-refractivity contribution is -0.137. The molecule has 10 heavy (non-hydrogen) atoms. The highest BCUT2D eigenvalue weighted by Crippen LogP contribution is 2.24. The van der Waals surface area contributed by atoms with Gasteiger partial charge in [0.1, 0.15) is 0 Å². The Bertz CT molecular complexity index is 141. The van der Waals surface area contributed by atoms with E-state index >= 15 is 0 Å². The van der Waals surface area contributed by atoms with Crippen LogP contribution >= 0.6 is 22.6 Å². The Kier molecular flexibility index (Phi) is 3.93. The molecule has 0 bridgehead atoms. The quantitative estimate of drug-likeness (QED) is 0.474. The van der Waals surface area contributed by atoms with Crippen molar-refractivity contribution in [2.75, 3.05) is 0 Å². The first kappa shape index (κ1) is 9.94. The van der Waals surface area contributed by atoms with Crippen LogP contribution in [0.3, 0.4) is 0 Å². The molecule has 0 aliphatic rings. The fourth-order valence-electron chi connectivity index (χ4n) is 0.453. The number of alkyl halides is 1. The van der Waals surface area contributed by atoms with Crippen LogP contribution in [0.5, 0.6) is 0 Å². The van der Waals surface area contributed by atoms with Crippen LogP contribution in [-0.2, 0) is 4.79 Å². The zero-order valence-electron chi connectivity index (χ0n) is 5.93. The highest BCUT2D eigenvalue weighted by atomic mass is 127. The summed E-state index contributed by atoms with van der Waals surface area (Å²) in [5.74, 6) is -0.746. The fourth-order valence-corrected chi connectivity index (χ4v) is 0.723. The van der Waals surface area contributed by atoms with Crippen LogP contribution < -0.4 is 0 Å². The average Bonchev–Trinajstić information content (AvgIpc) is 1.85. The number of allylic oxidation sites excluding steroid dienone is 1. The molecule has 0 radical (unpaired) electrons. The maximum Gasteiger partial charge on any atom is 0.303 e. The second-order valence-electron chi connectivity index (χ2n) is 2.38. The monoisotopic (exact) mass is 254 g/mol. The average molecular weight is 254 g/mol. The second kappa shape index (κ2) is 3.95. The Hall–Kier alpha value is -0.0600. The normalized spacial score (nSPS) is 15.8. The molecule has 3 heteroatoms. The predicted molar refractivity (Wildman–Crippen MR) is 49.5 cm³/mol. The molecule has 0 rings (SSSR count). The van der Waals surface area contributed by atoms with Gasteiger partial charge in [-0.3, -0.25) is 4.79 Å². The molecule has 1 unspecified atom stereocenters. The van der Waals surface area contributed by atoms with E-state index < -0.39 is 5.97 Å². The molecule has 0 aliphatic heterocycles. The van der Waals surface area contributed by atoms with E-state index in [2.05, 4.69) is 29.2 Å². The summed E-state index contributed by atoms with van der Waals surface area (Å²) in [6.45, 7) is 5.57. The first-order valence-corrected chi connectivity index (χ1v) is 4.10. The summed E-state index contributed by atoms with van der Waals surface area (Å²) in [7, 11) is 0. The van der Waals surface area contributed by atoms with Crippen LogP contribution in [0.15, 0.2) is 12.7 Å². The lowest BCUT2D eigenvalue weighted by atomic mass is 10.1. The lowest BCUT2D eigenvalue weighted by Crippen LogP contribution is -2.12. The molecule has 0 spiro atoms. The molecule has 2 nitrogen and oxygen atoms in total. The highest BCUT2D eigenvalue weighted by molar-refractivity contribution is 14.1. The van der Waals surface area contributed by atoms with Gasteiger partial charge in [-0.25, -0.2) is 0 Å². The van der Waals surface area contributed by atoms with E-state index in [-0.39, 0.29) is 9.84 Å². The standard InChI is InChI=1S/C7H11IO2/c1-3-7(2,8)5-4-6(9)10/h3H,1,4-5H2,2H3,(H,9,10). The van der Waals surface area contributed by atoms with Gasteiger partial charge in [-0.2, -0.15) is 0 Å². The number of carbonyl (C=O) groups is 1. The maximum atomic E-state index is 10.1. The first-order chi connectivity index (χ1) is 4.48. The lowest BCUT2D eigenvalue weighted by Gasteiger charge is -2.14. The third kappa shape index (κ3) is 4.78. The summed E-state index contributed by atoms with van der Waals surface area (Å²) in [6, 6.07) is 0. The summed E-state index contributed by atoms with van der Waals surface area (Å²) < 4.78 is -0.0733. The van der Waals surface area contributed by atoms with E-state index in [1.807, 2.05) is 6.92 Å². The fraction of sp³-hybridized carbons (Fsp3) is 0.571. The van der Waals surface area contributed by atoms with E-state index in [0.717, 1.165) is 0 Å². The van der Waals surface area contributed by atoms with E-state index in [0.29, 0.717) is 6.42 Å². The smallest absolute Gasteiger partial charge is 0.303 e. The van der Waals surface area contributed by atoms with Gasteiger partial charge in [0.15, 0.2) is 0 Å². The molecule has 1 N–H and O–H groups in total. The van der Waals surface area contributed by atoms with Gasteiger partial charge >= 0.3 is 5.97 Å². The van der Waals surface area contributed by atoms with Crippen LogP contribution in [-0.4, -0.2) is 14.5 Å². The Morgan fingerprint density at radius 1 is 1.90 bits per heavy atom. The Labute approximate surface area is 74.5 Å². The molecule has 0 aromatic heterocycles. The molecule has 0 aromatic rings. The Morgan fingerprint density at radius 3 is 2.70 bits per heavy atom. The minimum absolute atomic E-state index is 0.0733. The minimum Gasteiger partial charge on any atom is -0.481 e. The van der Waals surface area contributed by atoms with Crippen LogP contribution in [0.1, 0.15) is 19.8 Å². The SMILES string of the molecule is C=CC(C)(I)CCC(=O)O. The highest BCUT2D eigenvalue weighted by Gasteiger charge is 2.15. The van der Waals surface area contributed by atoms with Crippen molar-refractivity contribution in [2.24, 2.45) is 0 Å². The maximum absolute atomic E-state index is 10.1. The van der Waals surface area contributed by atoms with E-state index in [1.54, 1.807) is 6.08 Å². The van der Waals surface area contributed by atoms with Crippen molar-refractivity contribution < 1.29 is 9.90 Å². The van der Waals surface area contributed by atoms with Gasteiger partial charge in [0.25, 0.3) is 0 Å². The third-order valence-corrected chi connectivity index (χ3v) is 2.23. The summed E-state index contributed by atoms with van der Waals surface area (Å²) in [4.78, 5) is 10.1. The molecule has 0 heterocycles. The van der Waals surface area contributed by atoms with Crippen molar-refractivity contribution in [3.63, 3.8) is 0 Å². The topological polar surface area (TPSA) is 37.3 Å². The van der Waals surface area contributed by atoms with Gasteiger partial charge < -0.3 is 5.11 Å². The van der Waals surface area contributed by atoms with Gasteiger partial charge in [0.2, 0.25) is 0 Å². The molecular weight excluding hydrogens is 243 g/mol. The van der Waals surface area contributed by atoms with E-state index in [1.165, 1.54) is 0 Å². The molecule has 0 saturated heterocycles.